The number of hydrogen-bond donors (Lipinski definition) is 1. The van der Waals surface area contributed by atoms with E-state index in [1.54, 1.807) is 12.1 Å². The van der Waals surface area contributed by atoms with Crippen LogP contribution in [0, 0.1) is 11.7 Å². The van der Waals surface area contributed by atoms with Gasteiger partial charge in [-0.25, -0.2) is 9.37 Å². The number of nitrogens with zero attached hydrogens (tertiary/aromatic N) is 1. The van der Waals surface area contributed by atoms with Gasteiger partial charge in [-0.2, -0.15) is 0 Å². The normalized spacial score (nSPS) is 17.2. The highest BCUT2D eigenvalue weighted by Crippen LogP contribution is 2.22. The highest BCUT2D eigenvalue weighted by Gasteiger charge is 2.23. The largest absolute Gasteiger partial charge is 0.456 e. The molecule has 0 bridgehead atoms. The number of halogens is 1. The maximum Gasteiger partial charge on any atom is 0.231 e. The van der Waals surface area contributed by atoms with Gasteiger partial charge in [0.2, 0.25) is 5.91 Å². The fraction of sp³-hybridized carbons (Fsp3) is 0.250. The Labute approximate surface area is 127 Å². The van der Waals surface area contributed by atoms with Gasteiger partial charge in [-0.1, -0.05) is 0 Å². The Kier molecular flexibility index (Phi) is 4.29. The maximum atomic E-state index is 12.8. The first-order chi connectivity index (χ1) is 10.7. The summed E-state index contributed by atoms with van der Waals surface area (Å²) < 4.78 is 23.5. The SMILES string of the molecule is O=C(Nc1ccc(Oc2ccc(F)cc2)cn1)[C@@H]1CCOC1. The van der Waals surface area contributed by atoms with Crippen LogP contribution in [0.2, 0.25) is 0 Å². The molecule has 2 heterocycles. The minimum Gasteiger partial charge on any atom is -0.456 e. The molecule has 5 nitrogen and oxygen atoms in total. The van der Waals surface area contributed by atoms with Crippen LogP contribution in [0.3, 0.4) is 0 Å². The van der Waals surface area contributed by atoms with Crippen molar-refractivity contribution >= 4 is 11.7 Å². The van der Waals surface area contributed by atoms with Crippen molar-refractivity contribution in [1.29, 1.82) is 0 Å². The molecule has 1 fully saturated rings. The molecule has 1 aromatic carbocycles. The smallest absolute Gasteiger partial charge is 0.231 e. The Morgan fingerprint density at radius 1 is 1.23 bits per heavy atom. The van der Waals surface area contributed by atoms with Crippen LogP contribution in [0.1, 0.15) is 6.42 Å². The zero-order valence-electron chi connectivity index (χ0n) is 11.8. The first-order valence-electron chi connectivity index (χ1n) is 6.99. The minimum absolute atomic E-state index is 0.0859. The van der Waals surface area contributed by atoms with Crippen LogP contribution in [-0.4, -0.2) is 24.1 Å². The molecule has 0 spiro atoms. The van der Waals surface area contributed by atoms with Gasteiger partial charge >= 0.3 is 0 Å². The second kappa shape index (κ2) is 6.53. The van der Waals surface area contributed by atoms with Crippen LogP contribution in [0.25, 0.3) is 0 Å². The highest BCUT2D eigenvalue weighted by atomic mass is 19.1. The Hall–Kier alpha value is -2.47. The third-order valence-corrected chi connectivity index (χ3v) is 3.34. The summed E-state index contributed by atoms with van der Waals surface area (Å²) in [5.41, 5.74) is 0. The predicted molar refractivity (Wildman–Crippen MR) is 78.3 cm³/mol. The van der Waals surface area contributed by atoms with Crippen LogP contribution < -0.4 is 10.1 Å². The lowest BCUT2D eigenvalue weighted by Gasteiger charge is -2.09. The van der Waals surface area contributed by atoms with Crippen LogP contribution in [0.4, 0.5) is 10.2 Å². The van der Waals surface area contributed by atoms with E-state index in [0.717, 1.165) is 6.42 Å². The van der Waals surface area contributed by atoms with Gasteiger partial charge in [0.25, 0.3) is 0 Å². The average Bonchev–Trinajstić information content (AvgIpc) is 3.06. The van der Waals surface area contributed by atoms with Crippen molar-refractivity contribution in [2.75, 3.05) is 18.5 Å². The summed E-state index contributed by atoms with van der Waals surface area (Å²) in [6.45, 7) is 1.08. The third-order valence-electron chi connectivity index (χ3n) is 3.34. The molecule has 6 heteroatoms. The van der Waals surface area contributed by atoms with Crippen molar-refractivity contribution in [3.05, 3.63) is 48.4 Å². The van der Waals surface area contributed by atoms with Gasteiger partial charge in [-0.05, 0) is 42.8 Å². The van der Waals surface area contributed by atoms with E-state index in [9.17, 15) is 9.18 Å². The number of amides is 1. The van der Waals surface area contributed by atoms with E-state index in [0.29, 0.717) is 30.5 Å². The molecule has 1 aliphatic rings. The van der Waals surface area contributed by atoms with E-state index in [4.69, 9.17) is 9.47 Å². The first-order valence-corrected chi connectivity index (χ1v) is 6.99. The van der Waals surface area contributed by atoms with E-state index < -0.39 is 0 Å². The van der Waals surface area contributed by atoms with Gasteiger partial charge in [0.05, 0.1) is 18.7 Å². The molecule has 0 unspecified atom stereocenters. The van der Waals surface area contributed by atoms with Crippen molar-refractivity contribution in [3.8, 4) is 11.5 Å². The van der Waals surface area contributed by atoms with Gasteiger partial charge in [-0.15, -0.1) is 0 Å². The molecule has 1 aliphatic heterocycles. The molecule has 1 aromatic heterocycles. The lowest BCUT2D eigenvalue weighted by atomic mass is 10.1. The summed E-state index contributed by atoms with van der Waals surface area (Å²) in [5.74, 6) is 0.967. The molecular weight excluding hydrogens is 287 g/mol. The molecule has 0 saturated carbocycles. The lowest BCUT2D eigenvalue weighted by molar-refractivity contribution is -0.119. The summed E-state index contributed by atoms with van der Waals surface area (Å²) in [7, 11) is 0. The fourth-order valence-corrected chi connectivity index (χ4v) is 2.12. The second-order valence-electron chi connectivity index (χ2n) is 4.98. The van der Waals surface area contributed by atoms with E-state index in [1.165, 1.54) is 30.5 Å². The predicted octanol–water partition coefficient (Wildman–Crippen LogP) is 2.99. The van der Waals surface area contributed by atoms with Crippen LogP contribution >= 0.6 is 0 Å². The van der Waals surface area contributed by atoms with Crippen LogP contribution in [-0.2, 0) is 9.53 Å². The second-order valence-corrected chi connectivity index (χ2v) is 4.98. The molecule has 1 saturated heterocycles. The number of pyridine rings is 1. The average molecular weight is 302 g/mol. The number of anilines is 1. The zero-order chi connectivity index (χ0) is 15.4. The standard InChI is InChI=1S/C16H15FN2O3/c17-12-1-3-13(4-2-12)22-14-5-6-15(18-9-14)19-16(20)11-7-8-21-10-11/h1-6,9,11H,7-8,10H2,(H,18,19,20)/t11-/m1/s1. The number of hydrogen-bond acceptors (Lipinski definition) is 4. The zero-order valence-corrected chi connectivity index (χ0v) is 11.8. The van der Waals surface area contributed by atoms with Gasteiger partial charge < -0.3 is 14.8 Å². The summed E-state index contributed by atoms with van der Waals surface area (Å²) >= 11 is 0. The van der Waals surface area contributed by atoms with E-state index in [1.807, 2.05) is 0 Å². The van der Waals surface area contributed by atoms with Crippen LogP contribution in [0.5, 0.6) is 11.5 Å². The maximum absolute atomic E-state index is 12.8. The molecule has 1 amide bonds. The quantitative estimate of drug-likeness (QED) is 0.943. The summed E-state index contributed by atoms with van der Waals surface area (Å²) in [4.78, 5) is 16.1. The van der Waals surface area contributed by atoms with E-state index in [-0.39, 0.29) is 17.6 Å². The number of carbonyl (C=O) groups excluding carboxylic acids is 1. The Morgan fingerprint density at radius 3 is 2.64 bits per heavy atom. The van der Waals surface area contributed by atoms with Gasteiger partial charge in [0.1, 0.15) is 23.1 Å². The third kappa shape index (κ3) is 3.59. The molecular formula is C16H15FN2O3. The Morgan fingerprint density at radius 2 is 2.00 bits per heavy atom. The van der Waals surface area contributed by atoms with Gasteiger partial charge in [0.15, 0.2) is 0 Å². The summed E-state index contributed by atoms with van der Waals surface area (Å²) in [6.07, 6.45) is 2.24. The summed E-state index contributed by atoms with van der Waals surface area (Å²) in [6, 6.07) is 9.06. The van der Waals surface area contributed by atoms with E-state index >= 15 is 0 Å². The number of benzene rings is 1. The molecule has 22 heavy (non-hydrogen) atoms. The number of ether oxygens (including phenoxy) is 2. The van der Waals surface area contributed by atoms with Crippen molar-refractivity contribution in [1.82, 2.24) is 4.98 Å². The molecule has 0 radical (unpaired) electrons. The molecule has 2 aromatic rings. The van der Waals surface area contributed by atoms with Crippen molar-refractivity contribution in [2.45, 2.75) is 6.42 Å². The fourth-order valence-electron chi connectivity index (χ4n) is 2.12. The molecule has 114 valence electrons. The highest BCUT2D eigenvalue weighted by molar-refractivity contribution is 5.91. The topological polar surface area (TPSA) is 60.5 Å². The molecule has 1 N–H and O–H groups in total. The van der Waals surface area contributed by atoms with Crippen molar-refractivity contribution < 1.29 is 18.7 Å². The van der Waals surface area contributed by atoms with Gasteiger partial charge in [0, 0.05) is 6.61 Å². The van der Waals surface area contributed by atoms with Crippen molar-refractivity contribution in [3.63, 3.8) is 0 Å². The number of aromatic nitrogens is 1. The van der Waals surface area contributed by atoms with Crippen LogP contribution in [0.15, 0.2) is 42.6 Å². The number of rotatable bonds is 4. The number of carbonyl (C=O) groups is 1. The van der Waals surface area contributed by atoms with E-state index in [2.05, 4.69) is 10.3 Å². The first kappa shape index (κ1) is 14.5. The lowest BCUT2D eigenvalue weighted by Crippen LogP contribution is -2.23. The molecule has 1 atom stereocenters. The molecule has 3 rings (SSSR count). The Bertz CT molecular complexity index is 637. The Balaban J connectivity index is 1.60. The summed E-state index contributed by atoms with van der Waals surface area (Å²) in [5, 5.41) is 2.75. The number of nitrogens with one attached hydrogen (secondary N) is 1. The minimum atomic E-state index is -0.320. The van der Waals surface area contributed by atoms with Crippen molar-refractivity contribution in [2.24, 2.45) is 5.92 Å². The molecule has 0 aliphatic carbocycles. The van der Waals surface area contributed by atoms with Gasteiger partial charge in [-0.3, -0.25) is 4.79 Å². The monoisotopic (exact) mass is 302 g/mol.